The monoisotopic (exact) mass is 1250 g/mol. The molecule has 0 radical (unpaired) electrons. The topological polar surface area (TPSA) is 263 Å². The number of aliphatic hydroxyl groups excluding tert-OH is 1. The van der Waals surface area contributed by atoms with Crippen LogP contribution in [0.5, 0.6) is 0 Å². The van der Waals surface area contributed by atoms with Crippen LogP contribution in [0.4, 0.5) is 5.82 Å². The number of aliphatic hydroxyl groups is 1. The van der Waals surface area contributed by atoms with Crippen LogP contribution >= 0.6 is 11.3 Å². The molecule has 4 aliphatic rings. The molecule has 8 rings (SSSR count). The zero-order chi connectivity index (χ0) is 63.0. The summed E-state index contributed by atoms with van der Waals surface area (Å²) in [4.78, 5) is 98.5. The third kappa shape index (κ3) is 21.4. The Morgan fingerprint density at radius 3 is 2.08 bits per heavy atom. The van der Waals surface area contributed by atoms with Gasteiger partial charge in [-0.2, -0.15) is 0 Å². The molecule has 4 N–H and O–H groups in total. The number of hydrogen-bond acceptors (Lipinski definition) is 18. The van der Waals surface area contributed by atoms with Crippen molar-refractivity contribution in [1.29, 1.82) is 0 Å². The standard InChI is InChI=1S/C65H92N12O11S/c1-47-60(89-46-69-47)51-13-10-50(11-14-51)44-68-62(82)55-42-53(78)45-77(55)64(84)61(65(2,3)4)70-58(80)22-34-85-36-38-87-40-41-88-39-37-86-35-23-59(81)75-32-30-73(31-33-75)52-20-28-74(29-21-52)56-16-15-54(71-72-56)63(83)76-26-18-48(19-27-76)8-5-6-25-67-57(79)17-12-49-9-7-24-66-43-49/h7,9-17,24,43,46,48,52-53,55,61,78H,5-6,8,18-23,25-42,44-45H2,1-4H3,(H,67,79)(H,68,82)(H,70,80)/b17-12+/t53-,55+,61-/m1/s1. The second-order valence-corrected chi connectivity index (χ2v) is 25.3. The van der Waals surface area contributed by atoms with E-state index in [1.165, 1.54) is 4.90 Å². The summed E-state index contributed by atoms with van der Waals surface area (Å²) in [5.41, 5.74) is 5.30. The number of piperazine rings is 1. The summed E-state index contributed by atoms with van der Waals surface area (Å²) >= 11 is 1.57. The number of nitrogens with zero attached hydrogens (tertiary/aromatic N) is 9. The first-order chi connectivity index (χ1) is 43.1. The van der Waals surface area contributed by atoms with Crippen LogP contribution in [0.2, 0.25) is 0 Å². The molecule has 4 fully saturated rings. The van der Waals surface area contributed by atoms with Gasteiger partial charge in [-0.15, -0.1) is 21.5 Å². The number of hydrogen-bond donors (Lipinski definition) is 4. The number of nitrogens with one attached hydrogen (secondary N) is 3. The molecule has 4 aromatic rings. The highest BCUT2D eigenvalue weighted by Crippen LogP contribution is 2.30. The number of unbranched alkanes of at least 4 members (excludes halogenated alkanes) is 1. The van der Waals surface area contributed by atoms with Crippen molar-refractivity contribution in [2.75, 3.05) is 123 Å². The Labute approximate surface area is 527 Å². The molecule has 0 aliphatic carbocycles. The van der Waals surface area contributed by atoms with Gasteiger partial charge >= 0.3 is 0 Å². The fraction of sp³-hybridized carbons (Fsp3) is 0.600. The highest BCUT2D eigenvalue weighted by atomic mass is 32.1. The van der Waals surface area contributed by atoms with Gasteiger partial charge in [-0.05, 0) is 91.3 Å². The molecule has 0 saturated carbocycles. The minimum atomic E-state index is -0.937. The van der Waals surface area contributed by atoms with E-state index < -0.39 is 29.5 Å². The molecule has 3 atom stereocenters. The molecule has 3 aromatic heterocycles. The Morgan fingerprint density at radius 2 is 1.45 bits per heavy atom. The lowest BCUT2D eigenvalue weighted by Crippen LogP contribution is -2.57. The molecule has 0 bridgehead atoms. The van der Waals surface area contributed by atoms with Crippen LogP contribution in [0.15, 0.2) is 72.5 Å². The quantitative estimate of drug-likeness (QED) is 0.0385. The second kappa shape index (κ2) is 35.0. The zero-order valence-electron chi connectivity index (χ0n) is 52.4. The van der Waals surface area contributed by atoms with Gasteiger partial charge in [-0.1, -0.05) is 63.9 Å². The number of rotatable bonds is 31. The van der Waals surface area contributed by atoms with Crippen molar-refractivity contribution in [2.45, 2.75) is 123 Å². The van der Waals surface area contributed by atoms with Crippen molar-refractivity contribution in [1.82, 2.24) is 55.7 Å². The first kappa shape index (κ1) is 68.1. The van der Waals surface area contributed by atoms with E-state index in [9.17, 15) is 33.9 Å². The van der Waals surface area contributed by atoms with Crippen molar-refractivity contribution in [3.05, 3.63) is 95.0 Å². The molecule has 24 heteroatoms. The number of thiazole rings is 1. The van der Waals surface area contributed by atoms with Crippen LogP contribution in [0, 0.1) is 18.3 Å². The summed E-state index contributed by atoms with van der Waals surface area (Å²) in [6.45, 7) is 17.0. The zero-order valence-corrected chi connectivity index (χ0v) is 53.2. The Bertz CT molecular complexity index is 2890. The van der Waals surface area contributed by atoms with Gasteiger partial charge in [0.25, 0.3) is 5.91 Å². The number of carbonyl (C=O) groups is 6. The number of amides is 6. The van der Waals surface area contributed by atoms with E-state index in [1.54, 1.807) is 41.9 Å². The van der Waals surface area contributed by atoms with Gasteiger partial charge < -0.3 is 59.6 Å². The first-order valence-electron chi connectivity index (χ1n) is 31.7. The summed E-state index contributed by atoms with van der Waals surface area (Å²) in [5, 5.41) is 28.2. The number of carbonyl (C=O) groups excluding carboxylic acids is 6. The summed E-state index contributed by atoms with van der Waals surface area (Å²) in [7, 11) is 0. The number of pyridine rings is 1. The highest BCUT2D eigenvalue weighted by molar-refractivity contribution is 7.13. The number of benzene rings is 1. The molecule has 4 aliphatic heterocycles. The van der Waals surface area contributed by atoms with E-state index in [0.717, 1.165) is 104 Å². The van der Waals surface area contributed by atoms with Crippen LogP contribution in [-0.4, -0.2) is 223 Å². The lowest BCUT2D eigenvalue weighted by molar-refractivity contribution is -0.144. The largest absolute Gasteiger partial charge is 0.391 e. The maximum Gasteiger partial charge on any atom is 0.274 e. The van der Waals surface area contributed by atoms with Gasteiger partial charge in [-0.25, -0.2) is 4.98 Å². The normalized spacial score (nSPS) is 18.3. The van der Waals surface area contributed by atoms with Crippen molar-refractivity contribution in [3.63, 3.8) is 0 Å². The van der Waals surface area contributed by atoms with Crippen LogP contribution < -0.4 is 20.9 Å². The molecule has 0 unspecified atom stereocenters. The van der Waals surface area contributed by atoms with E-state index in [0.29, 0.717) is 96.4 Å². The Balaban J connectivity index is 0.596. The van der Waals surface area contributed by atoms with Crippen LogP contribution in [0.3, 0.4) is 0 Å². The lowest BCUT2D eigenvalue weighted by Gasteiger charge is -2.43. The molecule has 4 saturated heterocycles. The average molecular weight is 1250 g/mol. The fourth-order valence-electron chi connectivity index (χ4n) is 11.7. The molecule has 0 spiro atoms. The van der Waals surface area contributed by atoms with Gasteiger partial charge in [0.1, 0.15) is 12.1 Å². The van der Waals surface area contributed by atoms with E-state index in [2.05, 4.69) is 45.9 Å². The summed E-state index contributed by atoms with van der Waals surface area (Å²) < 4.78 is 22.6. The Hall–Kier alpha value is -6.80. The molecule has 484 valence electrons. The van der Waals surface area contributed by atoms with Crippen LogP contribution in [0.25, 0.3) is 16.5 Å². The number of β-amino-alcohol motifs (C(OH)–C–C–N with tert-alkyl or cyclic N) is 1. The summed E-state index contributed by atoms with van der Waals surface area (Å²) in [6, 6.07) is 14.0. The maximum absolute atomic E-state index is 14.0. The molecule has 6 amide bonds. The number of piperidine rings is 2. The van der Waals surface area contributed by atoms with Crippen LogP contribution in [-0.2, 0) is 49.5 Å². The molecule has 89 heavy (non-hydrogen) atoms. The summed E-state index contributed by atoms with van der Waals surface area (Å²) in [6.07, 6.45) is 13.2. The van der Waals surface area contributed by atoms with E-state index in [4.69, 9.17) is 18.9 Å². The van der Waals surface area contributed by atoms with Crippen LogP contribution in [0.1, 0.15) is 112 Å². The number of aryl methyl sites for hydroxylation is 1. The third-order valence-electron chi connectivity index (χ3n) is 17.0. The first-order valence-corrected chi connectivity index (χ1v) is 32.6. The smallest absolute Gasteiger partial charge is 0.274 e. The van der Waals surface area contributed by atoms with E-state index in [-0.39, 0.29) is 68.7 Å². The SMILES string of the molecule is Cc1ncsc1-c1ccc(CNC(=O)[C@@H]2C[C@@H](O)CN2C(=O)[C@@H](NC(=O)CCOCCOCCOCCOCCC(=O)N2CCN(C3CCN(c4ccc(C(=O)N5CCC(CCCCNC(=O)/C=C/c6cccnc6)CC5)nn4)CC3)CC2)C(C)(C)C)cc1. The molecular weight excluding hydrogens is 1160 g/mol. The fourth-order valence-corrected chi connectivity index (χ4v) is 12.5. The molecule has 7 heterocycles. The maximum atomic E-state index is 14.0. The summed E-state index contributed by atoms with van der Waals surface area (Å²) in [5.74, 6) is 0.118. The predicted octanol–water partition coefficient (Wildman–Crippen LogP) is 4.92. The Kier molecular flexibility index (Phi) is 26.8. The van der Waals surface area contributed by atoms with Gasteiger partial charge in [0, 0.05) is 109 Å². The van der Waals surface area contributed by atoms with Gasteiger partial charge in [-0.3, -0.25) is 38.7 Å². The number of ether oxygens (including phenoxy) is 4. The lowest BCUT2D eigenvalue weighted by atomic mass is 9.85. The van der Waals surface area contributed by atoms with Gasteiger partial charge in [0.15, 0.2) is 11.5 Å². The van der Waals surface area contributed by atoms with Gasteiger partial charge in [0.2, 0.25) is 29.5 Å². The number of anilines is 1. The molecule has 1 aromatic carbocycles. The second-order valence-electron chi connectivity index (χ2n) is 24.4. The van der Waals surface area contributed by atoms with Crippen molar-refractivity contribution in [3.8, 4) is 10.4 Å². The highest BCUT2D eigenvalue weighted by Gasteiger charge is 2.44. The van der Waals surface area contributed by atoms with Gasteiger partial charge in [0.05, 0.1) is 81.5 Å². The molecule has 23 nitrogen and oxygen atoms in total. The van der Waals surface area contributed by atoms with Crippen molar-refractivity contribution < 1.29 is 52.8 Å². The number of aromatic nitrogens is 4. The third-order valence-corrected chi connectivity index (χ3v) is 17.9. The minimum Gasteiger partial charge on any atom is -0.391 e. The van der Waals surface area contributed by atoms with E-state index >= 15 is 0 Å². The average Bonchev–Trinajstić information content (AvgIpc) is 2.37. The van der Waals surface area contributed by atoms with Crippen molar-refractivity contribution >= 4 is 58.7 Å². The Morgan fingerprint density at radius 1 is 0.764 bits per heavy atom. The van der Waals surface area contributed by atoms with Crippen molar-refractivity contribution in [2.24, 2.45) is 11.3 Å². The minimum absolute atomic E-state index is 0.0105. The predicted molar refractivity (Wildman–Crippen MR) is 338 cm³/mol. The van der Waals surface area contributed by atoms with E-state index in [1.807, 2.05) is 85.5 Å². The number of likely N-dealkylation sites (tertiary alicyclic amines) is 2. The molecular formula is C65H92N12O11S.